The molecule has 0 radical (unpaired) electrons. The van der Waals surface area contributed by atoms with Crippen LogP contribution in [0.5, 0.6) is 5.75 Å². The van der Waals surface area contributed by atoms with Gasteiger partial charge in [0, 0.05) is 38.8 Å². The molecular formula is C18H30N4O. The maximum Gasteiger partial charge on any atom is 0.137 e. The molecule has 1 saturated heterocycles. The minimum absolute atomic E-state index is 0.597. The monoisotopic (exact) mass is 318 g/mol. The summed E-state index contributed by atoms with van der Waals surface area (Å²) in [5, 5.41) is 3.54. The quantitative estimate of drug-likeness (QED) is 0.872. The highest BCUT2D eigenvalue weighted by Crippen LogP contribution is 2.21. The van der Waals surface area contributed by atoms with Gasteiger partial charge in [-0.3, -0.25) is 4.90 Å². The van der Waals surface area contributed by atoms with Gasteiger partial charge in [0.05, 0.1) is 6.20 Å². The van der Waals surface area contributed by atoms with Gasteiger partial charge in [0.1, 0.15) is 18.2 Å². The molecule has 1 N–H and O–H groups in total. The average molecular weight is 318 g/mol. The number of likely N-dealkylation sites (N-methyl/N-ethyl adjacent to an activating group) is 1. The van der Waals surface area contributed by atoms with Crippen LogP contribution in [-0.4, -0.2) is 67.2 Å². The van der Waals surface area contributed by atoms with Crippen LogP contribution in [0.15, 0.2) is 18.3 Å². The van der Waals surface area contributed by atoms with Crippen molar-refractivity contribution < 1.29 is 4.74 Å². The van der Waals surface area contributed by atoms with E-state index in [1.807, 2.05) is 18.3 Å². The lowest BCUT2D eigenvalue weighted by molar-refractivity contribution is 0.133. The normalized spacial score (nSPS) is 21.3. The molecule has 23 heavy (non-hydrogen) atoms. The van der Waals surface area contributed by atoms with Crippen LogP contribution in [0.1, 0.15) is 32.1 Å². The molecule has 2 aliphatic rings. The van der Waals surface area contributed by atoms with E-state index in [0.717, 1.165) is 50.9 Å². The number of pyridine rings is 1. The van der Waals surface area contributed by atoms with E-state index in [0.29, 0.717) is 6.04 Å². The molecule has 1 aliphatic carbocycles. The van der Waals surface area contributed by atoms with E-state index in [-0.39, 0.29) is 0 Å². The molecule has 5 heteroatoms. The van der Waals surface area contributed by atoms with Crippen molar-refractivity contribution in [1.29, 1.82) is 0 Å². The van der Waals surface area contributed by atoms with E-state index >= 15 is 0 Å². The van der Waals surface area contributed by atoms with Crippen LogP contribution < -0.4 is 10.1 Å². The average Bonchev–Trinajstić information content (AvgIpc) is 2.59. The van der Waals surface area contributed by atoms with E-state index in [1.54, 1.807) is 0 Å². The Bertz CT molecular complexity index is 451. The third kappa shape index (κ3) is 5.36. The highest BCUT2D eigenvalue weighted by molar-refractivity contribution is 5.38. The van der Waals surface area contributed by atoms with E-state index in [4.69, 9.17) is 4.74 Å². The number of nitrogens with one attached hydrogen (secondary N) is 1. The first-order valence-electron chi connectivity index (χ1n) is 9.06. The Morgan fingerprint density at radius 3 is 2.61 bits per heavy atom. The summed E-state index contributed by atoms with van der Waals surface area (Å²) in [6.07, 6.45) is 8.44. The van der Waals surface area contributed by atoms with Crippen molar-refractivity contribution in [2.24, 2.45) is 0 Å². The van der Waals surface area contributed by atoms with E-state index in [1.165, 1.54) is 32.1 Å². The van der Waals surface area contributed by atoms with Gasteiger partial charge in [0.15, 0.2) is 0 Å². The van der Waals surface area contributed by atoms with E-state index in [2.05, 4.69) is 27.1 Å². The minimum Gasteiger partial charge on any atom is -0.491 e. The SMILES string of the molecule is CN1CCN(CCOc2ccc(NC3CCCCC3)nc2)CC1. The number of nitrogens with zero attached hydrogens (tertiary/aromatic N) is 3. The molecule has 128 valence electrons. The Hall–Kier alpha value is -1.33. The van der Waals surface area contributed by atoms with Gasteiger partial charge < -0.3 is 15.0 Å². The number of anilines is 1. The fourth-order valence-electron chi connectivity index (χ4n) is 3.37. The predicted octanol–water partition coefficient (Wildman–Crippen LogP) is 2.45. The van der Waals surface area contributed by atoms with Crippen LogP contribution >= 0.6 is 0 Å². The number of ether oxygens (including phenoxy) is 1. The van der Waals surface area contributed by atoms with Crippen molar-refractivity contribution >= 4 is 5.82 Å². The molecule has 1 aliphatic heterocycles. The molecule has 5 nitrogen and oxygen atoms in total. The van der Waals surface area contributed by atoms with Gasteiger partial charge in [-0.05, 0) is 32.0 Å². The lowest BCUT2D eigenvalue weighted by Crippen LogP contribution is -2.45. The highest BCUT2D eigenvalue weighted by atomic mass is 16.5. The third-order valence-corrected chi connectivity index (χ3v) is 4.97. The molecule has 0 aromatic carbocycles. The summed E-state index contributed by atoms with van der Waals surface area (Å²) in [4.78, 5) is 9.33. The Labute approximate surface area is 140 Å². The summed E-state index contributed by atoms with van der Waals surface area (Å²) in [7, 11) is 2.18. The lowest BCUT2D eigenvalue weighted by Gasteiger charge is -2.32. The molecule has 1 aromatic rings. The van der Waals surface area contributed by atoms with Crippen LogP contribution in [0, 0.1) is 0 Å². The summed E-state index contributed by atoms with van der Waals surface area (Å²) in [5.41, 5.74) is 0. The molecule has 0 amide bonds. The van der Waals surface area contributed by atoms with Crippen LogP contribution in [0.3, 0.4) is 0 Å². The molecule has 1 aromatic heterocycles. The van der Waals surface area contributed by atoms with Crippen LogP contribution in [0.2, 0.25) is 0 Å². The molecule has 0 unspecified atom stereocenters. The number of hydrogen-bond donors (Lipinski definition) is 1. The van der Waals surface area contributed by atoms with Gasteiger partial charge in [-0.15, -0.1) is 0 Å². The first-order chi connectivity index (χ1) is 11.3. The lowest BCUT2D eigenvalue weighted by atomic mass is 9.95. The summed E-state index contributed by atoms with van der Waals surface area (Å²) >= 11 is 0. The number of aromatic nitrogens is 1. The van der Waals surface area contributed by atoms with Crippen LogP contribution in [0.4, 0.5) is 5.82 Å². The van der Waals surface area contributed by atoms with Gasteiger partial charge in [0.25, 0.3) is 0 Å². The summed E-state index contributed by atoms with van der Waals surface area (Å²) in [6.45, 7) is 6.33. The third-order valence-electron chi connectivity index (χ3n) is 4.97. The largest absolute Gasteiger partial charge is 0.491 e. The van der Waals surface area contributed by atoms with Gasteiger partial charge in [0.2, 0.25) is 0 Å². The van der Waals surface area contributed by atoms with Crippen molar-refractivity contribution in [3.63, 3.8) is 0 Å². The molecule has 0 atom stereocenters. The van der Waals surface area contributed by atoms with Crippen molar-refractivity contribution in [2.45, 2.75) is 38.1 Å². The first kappa shape index (κ1) is 16.5. The molecule has 2 heterocycles. The second-order valence-electron chi connectivity index (χ2n) is 6.85. The van der Waals surface area contributed by atoms with Gasteiger partial charge in [-0.25, -0.2) is 4.98 Å². The van der Waals surface area contributed by atoms with Crippen LogP contribution in [0.25, 0.3) is 0 Å². The number of rotatable bonds is 6. The minimum atomic E-state index is 0.597. The molecular weight excluding hydrogens is 288 g/mol. The van der Waals surface area contributed by atoms with Gasteiger partial charge in [-0.2, -0.15) is 0 Å². The van der Waals surface area contributed by atoms with Gasteiger partial charge in [-0.1, -0.05) is 19.3 Å². The topological polar surface area (TPSA) is 40.6 Å². The molecule has 3 rings (SSSR count). The summed E-state index contributed by atoms with van der Waals surface area (Å²) in [5.74, 6) is 1.84. The maximum atomic E-state index is 5.84. The second-order valence-corrected chi connectivity index (χ2v) is 6.85. The fourth-order valence-corrected chi connectivity index (χ4v) is 3.37. The van der Waals surface area contributed by atoms with Crippen molar-refractivity contribution in [3.05, 3.63) is 18.3 Å². The van der Waals surface area contributed by atoms with Gasteiger partial charge >= 0.3 is 0 Å². The second kappa shape index (κ2) is 8.50. The van der Waals surface area contributed by atoms with E-state index < -0.39 is 0 Å². The summed E-state index contributed by atoms with van der Waals surface area (Å²) < 4.78 is 5.84. The maximum absolute atomic E-state index is 5.84. The number of hydrogen-bond acceptors (Lipinski definition) is 5. The zero-order valence-corrected chi connectivity index (χ0v) is 14.3. The highest BCUT2D eigenvalue weighted by Gasteiger charge is 2.14. The predicted molar refractivity (Wildman–Crippen MR) is 94.2 cm³/mol. The van der Waals surface area contributed by atoms with Crippen molar-refractivity contribution in [3.8, 4) is 5.75 Å². The van der Waals surface area contributed by atoms with E-state index in [9.17, 15) is 0 Å². The Kier molecular flexibility index (Phi) is 6.11. The fraction of sp³-hybridized carbons (Fsp3) is 0.722. The standard InChI is InChI=1S/C18H30N4O/c1-21-9-11-22(12-10-21)13-14-23-17-7-8-18(19-15-17)20-16-5-3-2-4-6-16/h7-8,15-16H,2-6,9-14H2,1H3,(H,19,20). The zero-order valence-electron chi connectivity index (χ0n) is 14.3. The Balaban J connectivity index is 1.37. The molecule has 0 spiro atoms. The Morgan fingerprint density at radius 1 is 1.13 bits per heavy atom. The van der Waals surface area contributed by atoms with Crippen molar-refractivity contribution in [2.75, 3.05) is 51.7 Å². The molecule has 0 bridgehead atoms. The Morgan fingerprint density at radius 2 is 1.91 bits per heavy atom. The first-order valence-corrected chi connectivity index (χ1v) is 9.06. The zero-order chi connectivity index (χ0) is 15.9. The molecule has 1 saturated carbocycles. The number of piperazine rings is 1. The molecule has 2 fully saturated rings. The summed E-state index contributed by atoms with van der Waals surface area (Å²) in [6, 6.07) is 4.67. The van der Waals surface area contributed by atoms with Crippen LogP contribution in [-0.2, 0) is 0 Å². The van der Waals surface area contributed by atoms with Crippen molar-refractivity contribution in [1.82, 2.24) is 14.8 Å². The smallest absolute Gasteiger partial charge is 0.137 e.